The van der Waals surface area contributed by atoms with Crippen molar-refractivity contribution in [2.24, 2.45) is 0 Å². The van der Waals surface area contributed by atoms with Crippen LogP contribution < -0.4 is 0 Å². The Bertz CT molecular complexity index is 422. The molecule has 1 aliphatic rings. The third-order valence-electron chi connectivity index (χ3n) is 2.62. The van der Waals surface area contributed by atoms with Gasteiger partial charge in [-0.25, -0.2) is 0 Å². The van der Waals surface area contributed by atoms with Crippen molar-refractivity contribution >= 4 is 9.30 Å². The average Bonchev–Trinajstić information content (AvgIpc) is 2.70. The van der Waals surface area contributed by atoms with Crippen LogP contribution in [0.3, 0.4) is 0 Å². The number of halogens is 1. The Kier molecular flexibility index (Phi) is 3.63. The quantitative estimate of drug-likeness (QED) is 0.532. The van der Waals surface area contributed by atoms with Crippen LogP contribution in [0.25, 0.3) is 11.1 Å². The first-order chi connectivity index (χ1) is 7.45. The van der Waals surface area contributed by atoms with E-state index in [9.17, 15) is 0 Å². The molecule has 0 spiro atoms. The summed E-state index contributed by atoms with van der Waals surface area (Å²) in [5, 5.41) is 0. The molecule has 2 aromatic carbocycles. The molecule has 0 amide bonds. The molecule has 0 saturated carbocycles. The molecule has 72 valence electrons. The summed E-state index contributed by atoms with van der Waals surface area (Å²) in [6, 6.07) is 18.1. The minimum atomic E-state index is 1.05. The summed E-state index contributed by atoms with van der Waals surface area (Å²) < 4.78 is 0. The predicted molar refractivity (Wildman–Crippen MR) is 59.4 cm³/mol. The first kappa shape index (κ1) is 10.9. The third-order valence-corrected chi connectivity index (χ3v) is 2.62. The zero-order chi connectivity index (χ0) is 10.7. The molecule has 1 aliphatic carbocycles. The molecular weight excluding hydrogens is 239 g/mol. The first-order valence-electron chi connectivity index (χ1n) is 4.72. The summed E-state index contributed by atoms with van der Waals surface area (Å²) in [5.41, 5.74) is 5.51. The van der Waals surface area contributed by atoms with Crippen molar-refractivity contribution in [1.29, 1.82) is 0 Å². The van der Waals surface area contributed by atoms with Crippen molar-refractivity contribution in [2.75, 3.05) is 0 Å². The van der Waals surface area contributed by atoms with Crippen molar-refractivity contribution < 1.29 is 19.4 Å². The fourth-order valence-corrected chi connectivity index (χ4v) is 2.00. The number of hydrogen-bond donors (Lipinski definition) is 0. The summed E-state index contributed by atoms with van der Waals surface area (Å²) in [6.07, 6.45) is 1.05. The van der Waals surface area contributed by atoms with E-state index < -0.39 is 0 Å². The minimum Gasteiger partial charge on any atom is -0.0619 e. The van der Waals surface area contributed by atoms with Gasteiger partial charge in [-0.3, -0.25) is 0 Å². The maximum absolute atomic E-state index is 4.64. The van der Waals surface area contributed by atoms with Gasteiger partial charge in [0.05, 0.1) is 0 Å². The van der Waals surface area contributed by atoms with Crippen LogP contribution >= 0.6 is 9.30 Å². The minimum absolute atomic E-state index is 1.05. The van der Waals surface area contributed by atoms with Gasteiger partial charge in [0, 0.05) is 0 Å². The molecule has 2 heteroatoms. The monoisotopic (exact) mass is 248 g/mol. The van der Waals surface area contributed by atoms with Crippen molar-refractivity contribution in [3.63, 3.8) is 0 Å². The molecule has 0 atom stereocenters. The molecule has 2 aromatic rings. The van der Waals surface area contributed by atoms with Gasteiger partial charge in [-0.05, 0) is 34.7 Å². The Morgan fingerprint density at radius 1 is 1.00 bits per heavy atom. The standard InChI is InChI=1S/C13H9.ClH.Ti/c1-3-7-12-10(5-1)9-11-6-2-4-8-13(11)12;;/h1-5,7-8H,9H2;1H;/q;;+1/p-1. The van der Waals surface area contributed by atoms with Crippen LogP contribution in [-0.2, 0) is 25.8 Å². The molecule has 0 aromatic heterocycles. The van der Waals surface area contributed by atoms with Gasteiger partial charge in [0.2, 0.25) is 0 Å². The second-order valence-electron chi connectivity index (χ2n) is 3.40. The Hall–Kier alpha value is -0.556. The third kappa shape index (κ3) is 2.03. The number of rotatable bonds is 0. The molecule has 0 unspecified atom stereocenters. The normalized spacial score (nSPS) is 10.9. The van der Waals surface area contributed by atoms with Gasteiger partial charge in [0.25, 0.3) is 0 Å². The summed E-state index contributed by atoms with van der Waals surface area (Å²) in [7, 11) is 4.64. The Morgan fingerprint density at radius 2 is 1.73 bits per heavy atom. The summed E-state index contributed by atoms with van der Waals surface area (Å²) >= 11 is 1.47. The van der Waals surface area contributed by atoms with Gasteiger partial charge in [0.15, 0.2) is 0 Å². The van der Waals surface area contributed by atoms with E-state index in [-0.39, 0.29) is 0 Å². The summed E-state index contributed by atoms with van der Waals surface area (Å²) in [6.45, 7) is 0. The van der Waals surface area contributed by atoms with Crippen molar-refractivity contribution in [3.8, 4) is 11.1 Å². The van der Waals surface area contributed by atoms with Crippen LogP contribution in [0.4, 0.5) is 0 Å². The zero-order valence-corrected chi connectivity index (χ0v) is 10.4. The van der Waals surface area contributed by atoms with Crippen molar-refractivity contribution in [1.82, 2.24) is 0 Å². The molecule has 0 bridgehead atoms. The first-order valence-corrected chi connectivity index (χ1v) is 6.87. The molecule has 3 rings (SSSR count). The molecule has 1 radical (unpaired) electrons. The summed E-state index contributed by atoms with van der Waals surface area (Å²) in [4.78, 5) is 0. The van der Waals surface area contributed by atoms with Gasteiger partial charge in [-0.15, -0.1) is 0 Å². The van der Waals surface area contributed by atoms with Crippen LogP contribution in [0, 0.1) is 6.07 Å². The number of benzene rings is 2. The van der Waals surface area contributed by atoms with Crippen molar-refractivity contribution in [2.45, 2.75) is 6.42 Å². The van der Waals surface area contributed by atoms with Crippen LogP contribution in [0.2, 0.25) is 0 Å². The molecule has 0 aliphatic heterocycles. The van der Waals surface area contributed by atoms with E-state index in [0.717, 1.165) is 6.42 Å². The van der Waals surface area contributed by atoms with Crippen LogP contribution in [0.1, 0.15) is 11.1 Å². The Balaban J connectivity index is 0.000000404. The molecule has 0 heterocycles. The van der Waals surface area contributed by atoms with Crippen LogP contribution in [0.15, 0.2) is 42.5 Å². The molecule has 0 saturated heterocycles. The Morgan fingerprint density at radius 3 is 2.60 bits per heavy atom. The fourth-order valence-electron chi connectivity index (χ4n) is 2.00. The van der Waals surface area contributed by atoms with E-state index in [0.29, 0.717) is 0 Å². The van der Waals surface area contributed by atoms with Gasteiger partial charge < -0.3 is 0 Å². The SMILES string of the molecule is [Cl][Ti].[c]1cccc2c1Cc1ccccc1-2. The van der Waals surface area contributed by atoms with Crippen LogP contribution in [0.5, 0.6) is 0 Å². The maximum atomic E-state index is 4.64. The second kappa shape index (κ2) is 4.98. The van der Waals surface area contributed by atoms with Gasteiger partial charge in [-0.2, -0.15) is 0 Å². The predicted octanol–water partition coefficient (Wildman–Crippen LogP) is 3.74. The molecule has 0 nitrogen and oxygen atoms in total. The molecular formula is C13H9ClTi. The summed E-state index contributed by atoms with van der Waals surface area (Å²) in [5.74, 6) is 0. The van der Waals surface area contributed by atoms with Gasteiger partial charge >= 0.3 is 28.7 Å². The van der Waals surface area contributed by atoms with E-state index in [1.54, 1.807) is 0 Å². The van der Waals surface area contributed by atoms with E-state index in [2.05, 4.69) is 51.8 Å². The maximum Gasteiger partial charge on any atom is -0.000728 e. The largest absolute Gasteiger partial charge is 0.0619 e. The van der Waals surface area contributed by atoms with E-state index >= 15 is 0 Å². The van der Waals surface area contributed by atoms with Crippen LogP contribution in [-0.4, -0.2) is 0 Å². The van der Waals surface area contributed by atoms with Gasteiger partial charge in [0.1, 0.15) is 0 Å². The molecule has 0 N–H and O–H groups in total. The van der Waals surface area contributed by atoms with E-state index in [1.807, 2.05) is 6.07 Å². The van der Waals surface area contributed by atoms with E-state index in [4.69, 9.17) is 0 Å². The van der Waals surface area contributed by atoms with Gasteiger partial charge in [-0.1, -0.05) is 42.5 Å². The average molecular weight is 249 g/mol. The zero-order valence-electron chi connectivity index (χ0n) is 8.13. The Labute approximate surface area is 106 Å². The molecule has 0 fully saturated rings. The fraction of sp³-hybridized carbons (Fsp3) is 0.0769. The number of fused-ring (bicyclic) bond motifs is 3. The van der Waals surface area contributed by atoms with Crippen molar-refractivity contribution in [3.05, 3.63) is 59.7 Å². The smallest absolute Gasteiger partial charge is 0.000728 e. The number of hydrogen-bond acceptors (Lipinski definition) is 0. The van der Waals surface area contributed by atoms with E-state index in [1.165, 1.54) is 41.6 Å². The topological polar surface area (TPSA) is 0 Å². The molecule has 15 heavy (non-hydrogen) atoms. The second-order valence-corrected chi connectivity index (χ2v) is 3.40.